The minimum Gasteiger partial charge on any atom is -0.393 e. The molecule has 0 radical (unpaired) electrons. The van der Waals surface area contributed by atoms with Gasteiger partial charge in [-0.15, -0.1) is 0 Å². The molecule has 0 spiro atoms. The van der Waals surface area contributed by atoms with E-state index in [1.165, 1.54) is 32.4 Å². The second kappa shape index (κ2) is 7.25. The van der Waals surface area contributed by atoms with Gasteiger partial charge in [0, 0.05) is 12.1 Å². The van der Waals surface area contributed by atoms with E-state index < -0.39 is 0 Å². The first-order chi connectivity index (χ1) is 7.59. The Bertz CT molecular complexity index is 183. The summed E-state index contributed by atoms with van der Waals surface area (Å²) in [4.78, 5) is 2.57. The Morgan fingerprint density at radius 1 is 1.25 bits per heavy atom. The highest BCUT2D eigenvalue weighted by molar-refractivity contribution is 4.76. The minimum absolute atomic E-state index is 0.176. The molecule has 16 heavy (non-hydrogen) atoms. The van der Waals surface area contributed by atoms with Crippen molar-refractivity contribution in [1.29, 1.82) is 0 Å². The van der Waals surface area contributed by atoms with Crippen molar-refractivity contribution in [3.63, 3.8) is 0 Å². The molecule has 0 aromatic heterocycles. The summed E-state index contributed by atoms with van der Waals surface area (Å²) in [7, 11) is 0. The van der Waals surface area contributed by atoms with Gasteiger partial charge >= 0.3 is 0 Å². The molecule has 2 N–H and O–H groups in total. The van der Waals surface area contributed by atoms with E-state index >= 15 is 0 Å². The molecule has 1 aliphatic heterocycles. The molecule has 0 aliphatic carbocycles. The third kappa shape index (κ3) is 5.28. The third-order valence-electron chi connectivity index (χ3n) is 3.49. The molecule has 0 bridgehead atoms. The molecule has 1 fully saturated rings. The van der Waals surface area contributed by atoms with Crippen molar-refractivity contribution in [3.05, 3.63) is 0 Å². The number of nitrogens with one attached hydrogen (secondary N) is 1. The highest BCUT2D eigenvalue weighted by Gasteiger charge is 2.17. The highest BCUT2D eigenvalue weighted by Crippen LogP contribution is 2.13. The molecular weight excluding hydrogens is 200 g/mol. The number of nitrogens with zero attached hydrogens (tertiary/aromatic N) is 1. The van der Waals surface area contributed by atoms with Crippen LogP contribution in [0.4, 0.5) is 0 Å². The summed E-state index contributed by atoms with van der Waals surface area (Å²) < 4.78 is 0. The lowest BCUT2D eigenvalue weighted by Crippen LogP contribution is -2.34. The van der Waals surface area contributed by atoms with Crippen LogP contribution < -0.4 is 5.32 Å². The fraction of sp³-hybridized carbons (Fsp3) is 1.00. The van der Waals surface area contributed by atoms with E-state index in [1.54, 1.807) is 0 Å². The van der Waals surface area contributed by atoms with Gasteiger partial charge in [0.2, 0.25) is 0 Å². The number of hydrogen-bond acceptors (Lipinski definition) is 3. The molecule has 3 heteroatoms. The van der Waals surface area contributed by atoms with Gasteiger partial charge in [0.05, 0.1) is 6.10 Å². The van der Waals surface area contributed by atoms with Gasteiger partial charge < -0.3 is 15.3 Å². The Kier molecular flexibility index (Phi) is 6.32. The van der Waals surface area contributed by atoms with E-state index in [0.29, 0.717) is 12.1 Å². The van der Waals surface area contributed by atoms with Crippen molar-refractivity contribution in [1.82, 2.24) is 10.2 Å². The normalized spacial score (nSPS) is 25.7. The van der Waals surface area contributed by atoms with Gasteiger partial charge in [-0.25, -0.2) is 0 Å². The monoisotopic (exact) mass is 228 g/mol. The summed E-state index contributed by atoms with van der Waals surface area (Å²) in [5, 5.41) is 12.8. The van der Waals surface area contributed by atoms with E-state index in [9.17, 15) is 5.11 Å². The van der Waals surface area contributed by atoms with Gasteiger partial charge in [-0.05, 0) is 66.1 Å². The zero-order chi connectivity index (χ0) is 12.0. The van der Waals surface area contributed by atoms with Crippen molar-refractivity contribution in [2.45, 2.75) is 64.6 Å². The molecule has 1 rings (SSSR count). The first-order valence-corrected chi connectivity index (χ1v) is 6.75. The molecule has 96 valence electrons. The molecule has 0 aromatic carbocycles. The van der Waals surface area contributed by atoms with E-state index in [4.69, 9.17) is 0 Å². The predicted molar refractivity (Wildman–Crippen MR) is 68.6 cm³/mol. The predicted octanol–water partition coefficient (Wildman–Crippen LogP) is 1.61. The Morgan fingerprint density at radius 2 is 2.00 bits per heavy atom. The maximum Gasteiger partial charge on any atom is 0.0524 e. The lowest BCUT2D eigenvalue weighted by Gasteiger charge is -2.24. The lowest BCUT2D eigenvalue weighted by atomic mass is 10.1. The van der Waals surface area contributed by atoms with E-state index in [-0.39, 0.29) is 6.10 Å². The largest absolute Gasteiger partial charge is 0.393 e. The Labute approximate surface area is 100 Å². The van der Waals surface area contributed by atoms with Crippen LogP contribution in [0.5, 0.6) is 0 Å². The zero-order valence-corrected chi connectivity index (χ0v) is 11.1. The molecule has 0 saturated carbocycles. The molecule has 2 atom stereocenters. The molecule has 1 aliphatic rings. The quantitative estimate of drug-likeness (QED) is 0.750. The maximum absolute atomic E-state index is 9.20. The van der Waals surface area contributed by atoms with Gasteiger partial charge in [-0.2, -0.15) is 0 Å². The fourth-order valence-electron chi connectivity index (χ4n) is 2.34. The lowest BCUT2D eigenvalue weighted by molar-refractivity contribution is 0.181. The summed E-state index contributed by atoms with van der Waals surface area (Å²) in [6.45, 7) is 9.82. The SMILES string of the molecule is CC(O)CCNC1CCCN(C(C)C)CC1. The van der Waals surface area contributed by atoms with Crippen LogP contribution in [0.25, 0.3) is 0 Å². The van der Waals surface area contributed by atoms with Crippen LogP contribution in [0.15, 0.2) is 0 Å². The smallest absolute Gasteiger partial charge is 0.0524 e. The minimum atomic E-state index is -0.176. The van der Waals surface area contributed by atoms with Crippen molar-refractivity contribution in [2.24, 2.45) is 0 Å². The van der Waals surface area contributed by atoms with Gasteiger partial charge in [-0.1, -0.05) is 0 Å². The van der Waals surface area contributed by atoms with Crippen LogP contribution in [0.1, 0.15) is 46.5 Å². The Balaban J connectivity index is 2.20. The fourth-order valence-corrected chi connectivity index (χ4v) is 2.34. The van der Waals surface area contributed by atoms with Crippen LogP contribution in [0.3, 0.4) is 0 Å². The summed E-state index contributed by atoms with van der Waals surface area (Å²) in [5.74, 6) is 0. The number of rotatable bonds is 5. The summed E-state index contributed by atoms with van der Waals surface area (Å²) >= 11 is 0. The van der Waals surface area contributed by atoms with Crippen LogP contribution >= 0.6 is 0 Å². The summed E-state index contributed by atoms with van der Waals surface area (Å²) in [5.41, 5.74) is 0. The number of aliphatic hydroxyl groups excluding tert-OH is 1. The maximum atomic E-state index is 9.20. The van der Waals surface area contributed by atoms with Crippen molar-refractivity contribution in [3.8, 4) is 0 Å². The molecule has 1 saturated heterocycles. The van der Waals surface area contributed by atoms with Crippen molar-refractivity contribution >= 4 is 0 Å². The first kappa shape index (κ1) is 13.9. The van der Waals surface area contributed by atoms with Crippen LogP contribution in [0, 0.1) is 0 Å². The van der Waals surface area contributed by atoms with Gasteiger partial charge in [0.25, 0.3) is 0 Å². The van der Waals surface area contributed by atoms with Crippen LogP contribution in [-0.2, 0) is 0 Å². The molecule has 0 aromatic rings. The molecular formula is C13H28N2O. The van der Waals surface area contributed by atoms with E-state index in [0.717, 1.165) is 13.0 Å². The zero-order valence-electron chi connectivity index (χ0n) is 11.1. The third-order valence-corrected chi connectivity index (χ3v) is 3.49. The standard InChI is InChI=1S/C13H28N2O/c1-11(2)15-9-4-5-13(7-10-15)14-8-6-12(3)16/h11-14,16H,4-10H2,1-3H3. The average Bonchev–Trinajstić information content (AvgIpc) is 2.42. The van der Waals surface area contributed by atoms with Crippen LogP contribution in [-0.4, -0.2) is 47.8 Å². The summed E-state index contributed by atoms with van der Waals surface area (Å²) in [6.07, 6.45) is 4.51. The van der Waals surface area contributed by atoms with Crippen molar-refractivity contribution in [2.75, 3.05) is 19.6 Å². The van der Waals surface area contributed by atoms with Gasteiger partial charge in [0.1, 0.15) is 0 Å². The van der Waals surface area contributed by atoms with Crippen molar-refractivity contribution < 1.29 is 5.11 Å². The van der Waals surface area contributed by atoms with Crippen LogP contribution in [0.2, 0.25) is 0 Å². The molecule has 1 heterocycles. The Hall–Kier alpha value is -0.120. The second-order valence-electron chi connectivity index (χ2n) is 5.35. The van der Waals surface area contributed by atoms with Gasteiger partial charge in [-0.3, -0.25) is 0 Å². The Morgan fingerprint density at radius 3 is 2.62 bits per heavy atom. The van der Waals surface area contributed by atoms with E-state index in [2.05, 4.69) is 24.1 Å². The number of aliphatic hydroxyl groups is 1. The van der Waals surface area contributed by atoms with E-state index in [1.807, 2.05) is 6.92 Å². The number of hydrogen-bond donors (Lipinski definition) is 2. The number of likely N-dealkylation sites (tertiary alicyclic amines) is 1. The molecule has 0 amide bonds. The highest BCUT2D eigenvalue weighted by atomic mass is 16.3. The first-order valence-electron chi connectivity index (χ1n) is 6.75. The molecule has 2 unspecified atom stereocenters. The average molecular weight is 228 g/mol. The van der Waals surface area contributed by atoms with Gasteiger partial charge in [0.15, 0.2) is 0 Å². The summed E-state index contributed by atoms with van der Waals surface area (Å²) in [6, 6.07) is 1.33. The second-order valence-corrected chi connectivity index (χ2v) is 5.35. The topological polar surface area (TPSA) is 35.5 Å². The molecule has 3 nitrogen and oxygen atoms in total.